The van der Waals surface area contributed by atoms with Crippen molar-refractivity contribution in [3.63, 3.8) is 0 Å². The molecule has 4 rings (SSSR count). The predicted octanol–water partition coefficient (Wildman–Crippen LogP) is 3.16. The highest BCUT2D eigenvalue weighted by Gasteiger charge is 2.25. The van der Waals surface area contributed by atoms with Gasteiger partial charge in [0.05, 0.1) is 0 Å². The third-order valence-corrected chi connectivity index (χ3v) is 4.26. The number of para-hydroxylation sites is 1. The minimum atomic E-state index is -1.08. The molecule has 1 N–H and O–H groups in total. The maximum Gasteiger partial charge on any atom is 0.231 e. The number of aromatic nitrogens is 1. The quantitative estimate of drug-likeness (QED) is 0.436. The molecule has 0 spiro atoms. The molecular formula is C20H16N2O4. The summed E-state index contributed by atoms with van der Waals surface area (Å²) in [5.74, 6) is 0.653. The monoisotopic (exact) mass is 348 g/mol. The van der Waals surface area contributed by atoms with Crippen molar-refractivity contribution in [1.82, 2.24) is 4.98 Å². The molecule has 1 aliphatic heterocycles. The zero-order valence-electron chi connectivity index (χ0n) is 14.1. The molecule has 26 heavy (non-hydrogen) atoms. The number of nitrogens with zero attached hydrogens (tertiary/aromatic N) is 1. The summed E-state index contributed by atoms with van der Waals surface area (Å²) in [6, 6.07) is 11.7. The third-order valence-electron chi connectivity index (χ3n) is 4.26. The molecule has 0 saturated carbocycles. The van der Waals surface area contributed by atoms with Crippen LogP contribution < -0.4 is 9.47 Å². The Morgan fingerprint density at radius 3 is 2.81 bits per heavy atom. The Morgan fingerprint density at radius 1 is 1.15 bits per heavy atom. The molecule has 1 atom stereocenters. The van der Waals surface area contributed by atoms with Crippen LogP contribution >= 0.6 is 0 Å². The first kappa shape index (κ1) is 16.1. The van der Waals surface area contributed by atoms with Crippen molar-refractivity contribution in [1.29, 1.82) is 0 Å². The molecule has 1 aliphatic rings. The molecule has 3 aromatic rings. The average Bonchev–Trinajstić information content (AvgIpc) is 3.27. The third kappa shape index (κ3) is 2.86. The van der Waals surface area contributed by atoms with Crippen LogP contribution in [0.4, 0.5) is 0 Å². The number of H-pyrrole nitrogens is 1. The van der Waals surface area contributed by atoms with Crippen LogP contribution in [0.3, 0.4) is 0 Å². The highest BCUT2D eigenvalue weighted by atomic mass is 16.7. The smallest absolute Gasteiger partial charge is 0.231 e. The second-order valence-corrected chi connectivity index (χ2v) is 6.02. The van der Waals surface area contributed by atoms with Gasteiger partial charge in [0.15, 0.2) is 29.1 Å². The van der Waals surface area contributed by atoms with Gasteiger partial charge in [-0.05, 0) is 36.8 Å². The lowest BCUT2D eigenvalue weighted by Gasteiger charge is -2.07. The van der Waals surface area contributed by atoms with Crippen molar-refractivity contribution in [3.8, 4) is 11.5 Å². The van der Waals surface area contributed by atoms with E-state index in [1.165, 1.54) is 13.1 Å². The topological polar surface area (TPSA) is 80.8 Å². The molecule has 0 amide bonds. The lowest BCUT2D eigenvalue weighted by molar-refractivity contribution is -0.117. The van der Waals surface area contributed by atoms with Crippen molar-refractivity contribution in [3.05, 3.63) is 59.8 Å². The number of carbonyl (C=O) groups is 2. The summed E-state index contributed by atoms with van der Waals surface area (Å²) >= 11 is 0. The van der Waals surface area contributed by atoms with E-state index in [1.54, 1.807) is 24.4 Å². The fourth-order valence-electron chi connectivity index (χ4n) is 2.93. The minimum Gasteiger partial charge on any atom is -0.454 e. The SMILES string of the molecule is CC(=O)C(/N=C/c1ccc2c(c1)OCO2)C(=O)c1c[nH]c2ccccc12. The van der Waals surface area contributed by atoms with Gasteiger partial charge >= 0.3 is 0 Å². The zero-order chi connectivity index (χ0) is 18.1. The van der Waals surface area contributed by atoms with Crippen LogP contribution in [0.15, 0.2) is 53.7 Å². The number of nitrogens with one attached hydrogen (secondary N) is 1. The van der Waals surface area contributed by atoms with Gasteiger partial charge in [-0.1, -0.05) is 18.2 Å². The largest absolute Gasteiger partial charge is 0.454 e. The number of aromatic amines is 1. The number of Topliss-reactive ketones (excluding diaryl/α,β-unsaturated/α-hetero) is 2. The summed E-state index contributed by atoms with van der Waals surface area (Å²) in [5.41, 5.74) is 2.04. The molecule has 0 fully saturated rings. The van der Waals surface area contributed by atoms with Gasteiger partial charge in [-0.2, -0.15) is 0 Å². The van der Waals surface area contributed by atoms with E-state index in [1.807, 2.05) is 24.3 Å². The van der Waals surface area contributed by atoms with Gasteiger partial charge in [-0.25, -0.2) is 0 Å². The Labute approximate surface area is 149 Å². The second-order valence-electron chi connectivity index (χ2n) is 6.02. The van der Waals surface area contributed by atoms with E-state index >= 15 is 0 Å². The number of fused-ring (bicyclic) bond motifs is 2. The minimum absolute atomic E-state index is 0.186. The number of benzene rings is 2. The van der Waals surface area contributed by atoms with Gasteiger partial charge in [0, 0.05) is 28.9 Å². The number of aliphatic imine (C=N–C) groups is 1. The maximum atomic E-state index is 12.9. The molecule has 1 unspecified atom stereocenters. The molecule has 2 heterocycles. The number of hydrogen-bond acceptors (Lipinski definition) is 5. The lowest BCUT2D eigenvalue weighted by atomic mass is 10.0. The Hall–Kier alpha value is -3.41. The van der Waals surface area contributed by atoms with Crippen LogP contribution in [0.25, 0.3) is 10.9 Å². The van der Waals surface area contributed by atoms with Crippen LogP contribution in [0.2, 0.25) is 0 Å². The van der Waals surface area contributed by atoms with Crippen molar-refractivity contribution in [2.45, 2.75) is 13.0 Å². The first-order chi connectivity index (χ1) is 12.6. The molecule has 6 heteroatoms. The van der Waals surface area contributed by atoms with Crippen molar-refractivity contribution in [2.24, 2.45) is 4.99 Å². The van der Waals surface area contributed by atoms with Gasteiger partial charge in [0.1, 0.15) is 0 Å². The van der Waals surface area contributed by atoms with Crippen LogP contribution in [0, 0.1) is 0 Å². The van der Waals surface area contributed by atoms with Crippen LogP contribution in [0.1, 0.15) is 22.8 Å². The molecule has 2 aromatic carbocycles. The molecule has 0 saturated heterocycles. The fraction of sp³-hybridized carbons (Fsp3) is 0.150. The normalized spacial score (nSPS) is 14.0. The summed E-state index contributed by atoms with van der Waals surface area (Å²) in [4.78, 5) is 32.2. The number of rotatable bonds is 5. The van der Waals surface area contributed by atoms with E-state index < -0.39 is 6.04 Å². The number of hydrogen-bond donors (Lipinski definition) is 1. The molecule has 0 radical (unpaired) electrons. The standard InChI is InChI=1S/C20H16N2O4/c1-12(23)19(20(24)15-10-21-16-5-3-2-4-14(15)16)22-9-13-6-7-17-18(8-13)26-11-25-17/h2-10,19,21H,11H2,1H3/b22-9+. The summed E-state index contributed by atoms with van der Waals surface area (Å²) < 4.78 is 10.6. The lowest BCUT2D eigenvalue weighted by Crippen LogP contribution is -2.26. The first-order valence-electron chi connectivity index (χ1n) is 8.17. The van der Waals surface area contributed by atoms with Crippen LogP contribution in [0.5, 0.6) is 11.5 Å². The Balaban J connectivity index is 1.63. The zero-order valence-corrected chi connectivity index (χ0v) is 14.1. The molecule has 0 aliphatic carbocycles. The number of ketones is 2. The highest BCUT2D eigenvalue weighted by molar-refractivity contribution is 6.19. The maximum absolute atomic E-state index is 12.9. The van der Waals surface area contributed by atoms with Gasteiger partial charge < -0.3 is 14.5 Å². The predicted molar refractivity (Wildman–Crippen MR) is 97.3 cm³/mol. The van der Waals surface area contributed by atoms with E-state index in [0.717, 1.165) is 16.5 Å². The van der Waals surface area contributed by atoms with Crippen molar-refractivity contribution >= 4 is 28.7 Å². The van der Waals surface area contributed by atoms with Crippen molar-refractivity contribution in [2.75, 3.05) is 6.79 Å². The van der Waals surface area contributed by atoms with E-state index in [2.05, 4.69) is 9.98 Å². The molecule has 0 bridgehead atoms. The van der Waals surface area contributed by atoms with E-state index in [9.17, 15) is 9.59 Å². The van der Waals surface area contributed by atoms with Gasteiger partial charge in [0.2, 0.25) is 6.79 Å². The molecule has 6 nitrogen and oxygen atoms in total. The van der Waals surface area contributed by atoms with Gasteiger partial charge in [-0.15, -0.1) is 0 Å². The Morgan fingerprint density at radius 2 is 1.96 bits per heavy atom. The van der Waals surface area contributed by atoms with Gasteiger partial charge in [0.25, 0.3) is 0 Å². The van der Waals surface area contributed by atoms with E-state index in [0.29, 0.717) is 17.1 Å². The van der Waals surface area contributed by atoms with Gasteiger partial charge in [-0.3, -0.25) is 14.6 Å². The summed E-state index contributed by atoms with van der Waals surface area (Å²) in [6.45, 7) is 1.56. The number of carbonyl (C=O) groups excluding carboxylic acids is 2. The Bertz CT molecular complexity index is 1040. The van der Waals surface area contributed by atoms with Crippen molar-refractivity contribution < 1.29 is 19.1 Å². The summed E-state index contributed by atoms with van der Waals surface area (Å²) in [5, 5.41) is 0.780. The van der Waals surface area contributed by atoms with E-state index in [4.69, 9.17) is 9.47 Å². The molecule has 130 valence electrons. The average molecular weight is 348 g/mol. The second kappa shape index (κ2) is 6.48. The summed E-state index contributed by atoms with van der Waals surface area (Å²) in [6.07, 6.45) is 3.14. The van der Waals surface area contributed by atoms with Crippen LogP contribution in [-0.4, -0.2) is 35.6 Å². The number of ether oxygens (including phenoxy) is 2. The van der Waals surface area contributed by atoms with E-state index in [-0.39, 0.29) is 18.4 Å². The Kier molecular flexibility index (Phi) is 4.01. The first-order valence-corrected chi connectivity index (χ1v) is 8.17. The molecule has 1 aromatic heterocycles. The fourth-order valence-corrected chi connectivity index (χ4v) is 2.93. The highest BCUT2D eigenvalue weighted by Crippen LogP contribution is 2.32. The van der Waals surface area contributed by atoms with Crippen LogP contribution in [-0.2, 0) is 4.79 Å². The summed E-state index contributed by atoms with van der Waals surface area (Å²) in [7, 11) is 0. The molecular weight excluding hydrogens is 332 g/mol.